The fraction of sp³-hybridized carbons (Fsp3) is 0.571. The van der Waals surface area contributed by atoms with Gasteiger partial charge in [-0.05, 0) is 32.3 Å². The molecule has 1 rings (SSSR count). The fourth-order valence-electron chi connectivity index (χ4n) is 2.74. The Balaban J connectivity index is 2.63. The summed E-state index contributed by atoms with van der Waals surface area (Å²) in [7, 11) is 0. The molecule has 0 aliphatic carbocycles. The zero-order chi connectivity index (χ0) is 16.9. The molecular weight excluding hydrogens is 284 g/mol. The van der Waals surface area contributed by atoms with Crippen molar-refractivity contribution >= 4 is 5.97 Å². The minimum absolute atomic E-state index is 0.153. The van der Waals surface area contributed by atoms with Gasteiger partial charge in [-0.1, -0.05) is 74.9 Å². The molecule has 128 valence electrons. The average molecular weight is 316 g/mol. The van der Waals surface area contributed by atoms with Crippen LogP contribution in [0.1, 0.15) is 71.3 Å². The number of unbranched alkanes of at least 4 members (excludes halogenated alkanes) is 5. The van der Waals surface area contributed by atoms with Gasteiger partial charge < -0.3 is 4.74 Å². The second-order valence-corrected chi connectivity index (χ2v) is 6.16. The predicted octanol–water partition coefficient (Wildman–Crippen LogP) is 5.86. The van der Waals surface area contributed by atoms with E-state index in [-0.39, 0.29) is 5.97 Å². The average Bonchev–Trinajstić information content (AvgIpc) is 2.56. The number of allylic oxidation sites excluding steroid dienone is 1. The van der Waals surface area contributed by atoms with Crippen LogP contribution >= 0.6 is 0 Å². The zero-order valence-electron chi connectivity index (χ0n) is 15.1. The molecule has 0 atom stereocenters. The van der Waals surface area contributed by atoms with Crippen LogP contribution in [0.4, 0.5) is 0 Å². The molecule has 0 unspecified atom stereocenters. The van der Waals surface area contributed by atoms with Gasteiger partial charge in [0.2, 0.25) is 0 Å². The van der Waals surface area contributed by atoms with E-state index in [1.807, 2.05) is 25.1 Å². The lowest BCUT2D eigenvalue weighted by Gasteiger charge is -2.12. The molecule has 0 amide bonds. The minimum atomic E-state index is -0.153. The Labute approximate surface area is 141 Å². The molecule has 0 aromatic heterocycles. The number of carbonyl (C=O) groups is 1. The van der Waals surface area contributed by atoms with Crippen molar-refractivity contribution in [1.82, 2.24) is 0 Å². The molecule has 2 heteroatoms. The summed E-state index contributed by atoms with van der Waals surface area (Å²) in [5.74, 6) is -0.153. The van der Waals surface area contributed by atoms with E-state index in [2.05, 4.69) is 26.0 Å². The van der Waals surface area contributed by atoms with Gasteiger partial charge in [0.15, 0.2) is 0 Å². The summed E-state index contributed by atoms with van der Waals surface area (Å²) in [5, 5.41) is 0. The van der Waals surface area contributed by atoms with Crippen molar-refractivity contribution in [3.8, 4) is 0 Å². The van der Waals surface area contributed by atoms with Crippen molar-refractivity contribution in [2.24, 2.45) is 0 Å². The van der Waals surface area contributed by atoms with E-state index in [0.29, 0.717) is 13.0 Å². The van der Waals surface area contributed by atoms with E-state index >= 15 is 0 Å². The summed E-state index contributed by atoms with van der Waals surface area (Å²) in [6, 6.07) is 10.2. The summed E-state index contributed by atoms with van der Waals surface area (Å²) < 4.78 is 5.26. The second-order valence-electron chi connectivity index (χ2n) is 6.16. The summed E-state index contributed by atoms with van der Waals surface area (Å²) in [6.07, 6.45) is 9.31. The Morgan fingerprint density at radius 3 is 2.26 bits per heavy atom. The molecule has 0 fully saturated rings. The number of hydrogen-bond donors (Lipinski definition) is 0. The summed E-state index contributed by atoms with van der Waals surface area (Å²) >= 11 is 0. The number of carbonyl (C=O) groups excluding carboxylic acids is 1. The molecule has 0 spiro atoms. The lowest BCUT2D eigenvalue weighted by atomic mass is 9.97. The summed E-state index contributed by atoms with van der Waals surface area (Å²) in [6.45, 7) is 6.62. The first-order chi connectivity index (χ1) is 11.2. The van der Waals surface area contributed by atoms with Crippen LogP contribution < -0.4 is 0 Å². The topological polar surface area (TPSA) is 26.3 Å². The zero-order valence-corrected chi connectivity index (χ0v) is 15.1. The molecule has 0 bridgehead atoms. The Bertz CT molecular complexity index is 474. The van der Waals surface area contributed by atoms with Crippen LogP contribution in [0.2, 0.25) is 0 Å². The van der Waals surface area contributed by atoms with E-state index in [4.69, 9.17) is 4.74 Å². The third-order valence-electron chi connectivity index (χ3n) is 4.17. The fourth-order valence-corrected chi connectivity index (χ4v) is 2.74. The van der Waals surface area contributed by atoms with Crippen molar-refractivity contribution in [2.75, 3.05) is 6.61 Å². The van der Waals surface area contributed by atoms with Gasteiger partial charge in [-0.3, -0.25) is 0 Å². The van der Waals surface area contributed by atoms with Gasteiger partial charge in [-0.2, -0.15) is 0 Å². The maximum atomic E-state index is 12.3. The van der Waals surface area contributed by atoms with Crippen LogP contribution in [-0.2, 0) is 16.0 Å². The molecule has 0 aliphatic heterocycles. The monoisotopic (exact) mass is 316 g/mol. The van der Waals surface area contributed by atoms with Gasteiger partial charge in [0.05, 0.1) is 6.61 Å². The highest BCUT2D eigenvalue weighted by molar-refractivity contribution is 5.89. The molecule has 23 heavy (non-hydrogen) atoms. The Hall–Kier alpha value is -1.57. The first kappa shape index (κ1) is 19.5. The van der Waals surface area contributed by atoms with Crippen LogP contribution in [0.3, 0.4) is 0 Å². The highest BCUT2D eigenvalue weighted by Crippen LogP contribution is 2.19. The number of ether oxygens (including phenoxy) is 1. The normalized spacial score (nSPS) is 12.0. The third-order valence-corrected chi connectivity index (χ3v) is 4.17. The van der Waals surface area contributed by atoms with Gasteiger partial charge in [-0.25, -0.2) is 4.79 Å². The van der Waals surface area contributed by atoms with Gasteiger partial charge in [0.25, 0.3) is 0 Å². The molecule has 2 nitrogen and oxygen atoms in total. The van der Waals surface area contributed by atoms with Gasteiger partial charge in [0.1, 0.15) is 0 Å². The van der Waals surface area contributed by atoms with Crippen LogP contribution in [0.5, 0.6) is 0 Å². The standard InChI is InChI=1S/C21H32O2/c1-4-6-7-8-9-11-14-18(3)20(21(22)23-5-2)17-19-15-12-10-13-16-19/h10,12-13,15-16H,4-9,11,14,17H2,1-3H3/b20-18-. The quantitative estimate of drug-likeness (QED) is 0.290. The second kappa shape index (κ2) is 11.9. The minimum Gasteiger partial charge on any atom is -0.463 e. The molecule has 1 aromatic rings. The van der Waals surface area contributed by atoms with Crippen LogP contribution in [-0.4, -0.2) is 12.6 Å². The summed E-state index contributed by atoms with van der Waals surface area (Å²) in [5.41, 5.74) is 3.19. The molecule has 0 heterocycles. The SMILES string of the molecule is CCCCCCCC/C(C)=C(/Cc1ccccc1)C(=O)OCC. The van der Waals surface area contributed by atoms with Crippen molar-refractivity contribution in [1.29, 1.82) is 0 Å². The first-order valence-electron chi connectivity index (χ1n) is 9.08. The van der Waals surface area contributed by atoms with Gasteiger partial charge >= 0.3 is 5.97 Å². The van der Waals surface area contributed by atoms with Crippen molar-refractivity contribution < 1.29 is 9.53 Å². The summed E-state index contributed by atoms with van der Waals surface area (Å²) in [4.78, 5) is 12.3. The van der Waals surface area contributed by atoms with Gasteiger partial charge in [-0.15, -0.1) is 0 Å². The first-order valence-corrected chi connectivity index (χ1v) is 9.08. The van der Waals surface area contributed by atoms with E-state index < -0.39 is 0 Å². The highest BCUT2D eigenvalue weighted by atomic mass is 16.5. The molecule has 0 saturated heterocycles. The lowest BCUT2D eigenvalue weighted by Crippen LogP contribution is -2.12. The largest absolute Gasteiger partial charge is 0.463 e. The van der Waals surface area contributed by atoms with E-state index in [9.17, 15) is 4.79 Å². The van der Waals surface area contributed by atoms with Crippen LogP contribution in [0.25, 0.3) is 0 Å². The third kappa shape index (κ3) is 8.01. The number of hydrogen-bond acceptors (Lipinski definition) is 2. The Morgan fingerprint density at radius 2 is 1.61 bits per heavy atom. The molecule has 0 aliphatic rings. The Kier molecular flexibility index (Phi) is 10.1. The molecule has 1 aromatic carbocycles. The van der Waals surface area contributed by atoms with E-state index in [0.717, 1.165) is 24.0 Å². The van der Waals surface area contributed by atoms with E-state index in [1.54, 1.807) is 0 Å². The maximum absolute atomic E-state index is 12.3. The van der Waals surface area contributed by atoms with E-state index in [1.165, 1.54) is 37.7 Å². The molecule has 0 saturated carbocycles. The molecule has 0 radical (unpaired) electrons. The van der Waals surface area contributed by atoms with Crippen molar-refractivity contribution in [3.63, 3.8) is 0 Å². The van der Waals surface area contributed by atoms with Crippen molar-refractivity contribution in [2.45, 2.75) is 72.1 Å². The lowest BCUT2D eigenvalue weighted by molar-refractivity contribution is -0.138. The van der Waals surface area contributed by atoms with Crippen LogP contribution in [0, 0.1) is 0 Å². The smallest absolute Gasteiger partial charge is 0.334 e. The molecule has 0 N–H and O–H groups in total. The van der Waals surface area contributed by atoms with Crippen LogP contribution in [0.15, 0.2) is 41.5 Å². The van der Waals surface area contributed by atoms with Crippen molar-refractivity contribution in [3.05, 3.63) is 47.0 Å². The number of benzene rings is 1. The van der Waals surface area contributed by atoms with Gasteiger partial charge in [0, 0.05) is 12.0 Å². The predicted molar refractivity (Wildman–Crippen MR) is 97.5 cm³/mol. The number of esters is 1. The molecular formula is C21H32O2. The highest BCUT2D eigenvalue weighted by Gasteiger charge is 2.14. The number of rotatable bonds is 11. The maximum Gasteiger partial charge on any atom is 0.334 e. The Morgan fingerprint density at radius 1 is 0.957 bits per heavy atom.